The van der Waals surface area contributed by atoms with E-state index in [1.54, 1.807) is 18.3 Å². The van der Waals surface area contributed by atoms with Gasteiger partial charge in [0.1, 0.15) is 24.0 Å². The highest BCUT2D eigenvalue weighted by atomic mass is 16.6. The van der Waals surface area contributed by atoms with Gasteiger partial charge in [-0.25, -0.2) is 4.79 Å². The lowest BCUT2D eigenvalue weighted by Gasteiger charge is -2.19. The number of nitrogens with zero attached hydrogens (tertiary/aromatic N) is 2. The number of carbonyl (C=O) groups is 1. The number of esters is 1. The lowest BCUT2D eigenvalue weighted by molar-refractivity contribution is 0.00695. The van der Waals surface area contributed by atoms with Crippen molar-refractivity contribution in [2.24, 2.45) is 0 Å². The van der Waals surface area contributed by atoms with Crippen molar-refractivity contribution in [2.45, 2.75) is 33.0 Å². The molecule has 160 valence electrons. The van der Waals surface area contributed by atoms with Crippen LogP contribution in [0.25, 0.3) is 16.6 Å². The number of carbonyl (C=O) groups excluding carboxylic acids is 1. The highest BCUT2D eigenvalue weighted by molar-refractivity contribution is 5.91. The first-order chi connectivity index (χ1) is 15.3. The van der Waals surface area contributed by atoms with Crippen molar-refractivity contribution in [2.75, 3.05) is 0 Å². The highest BCUT2D eigenvalue weighted by Gasteiger charge is 2.18. The Bertz CT molecular complexity index is 1290. The zero-order valence-electron chi connectivity index (χ0n) is 18.3. The predicted octanol–water partition coefficient (Wildman–Crippen LogP) is 6.04. The number of aromatic nitrogens is 1. The number of ether oxygens (including phenoxy) is 2. The van der Waals surface area contributed by atoms with Crippen LogP contribution in [-0.2, 0) is 11.3 Å². The van der Waals surface area contributed by atoms with Gasteiger partial charge in [0, 0.05) is 17.3 Å². The van der Waals surface area contributed by atoms with E-state index in [9.17, 15) is 10.1 Å². The quantitative estimate of drug-likeness (QED) is 0.367. The summed E-state index contributed by atoms with van der Waals surface area (Å²) in [7, 11) is 0. The molecule has 0 atom stereocenters. The lowest BCUT2D eigenvalue weighted by atomic mass is 10.1. The van der Waals surface area contributed by atoms with E-state index in [0.29, 0.717) is 23.5 Å². The van der Waals surface area contributed by atoms with Crippen LogP contribution in [0.3, 0.4) is 0 Å². The van der Waals surface area contributed by atoms with Crippen molar-refractivity contribution < 1.29 is 14.3 Å². The summed E-state index contributed by atoms with van der Waals surface area (Å²) >= 11 is 0. The van der Waals surface area contributed by atoms with Crippen molar-refractivity contribution >= 4 is 16.9 Å². The van der Waals surface area contributed by atoms with Crippen LogP contribution in [0.15, 0.2) is 79.0 Å². The van der Waals surface area contributed by atoms with E-state index in [4.69, 9.17) is 9.47 Å². The fraction of sp³-hybridized carbons (Fsp3) is 0.185. The second kappa shape index (κ2) is 8.60. The number of hydrogen-bond donors (Lipinski definition) is 0. The van der Waals surface area contributed by atoms with Gasteiger partial charge in [-0.15, -0.1) is 0 Å². The average molecular weight is 425 g/mol. The first-order valence-corrected chi connectivity index (χ1v) is 10.4. The molecule has 4 rings (SSSR count). The van der Waals surface area contributed by atoms with Crippen molar-refractivity contribution in [3.05, 3.63) is 95.7 Å². The molecule has 5 heteroatoms. The number of hydrogen-bond acceptors (Lipinski definition) is 4. The third kappa shape index (κ3) is 4.65. The molecule has 4 aromatic rings. The summed E-state index contributed by atoms with van der Waals surface area (Å²) in [5, 5.41) is 10.5. The molecule has 0 unspecified atom stereocenters. The predicted molar refractivity (Wildman–Crippen MR) is 124 cm³/mol. The summed E-state index contributed by atoms with van der Waals surface area (Å²) in [6.07, 6.45) is 1.80. The van der Waals surface area contributed by atoms with Crippen LogP contribution in [0.4, 0.5) is 0 Å². The smallest absolute Gasteiger partial charge is 0.338 e. The molecule has 0 aliphatic carbocycles. The molecule has 0 amide bonds. The van der Waals surface area contributed by atoms with E-state index in [2.05, 4.69) is 6.07 Å². The molecular weight excluding hydrogens is 400 g/mol. The zero-order valence-corrected chi connectivity index (χ0v) is 18.3. The molecule has 0 saturated carbocycles. The summed E-state index contributed by atoms with van der Waals surface area (Å²) < 4.78 is 13.3. The van der Waals surface area contributed by atoms with Gasteiger partial charge < -0.3 is 14.0 Å². The Kier molecular flexibility index (Phi) is 5.70. The van der Waals surface area contributed by atoms with Gasteiger partial charge in [-0.05, 0) is 68.8 Å². The van der Waals surface area contributed by atoms with Gasteiger partial charge >= 0.3 is 5.97 Å². The van der Waals surface area contributed by atoms with E-state index in [1.165, 1.54) is 0 Å². The molecule has 0 saturated heterocycles. The van der Waals surface area contributed by atoms with Crippen molar-refractivity contribution in [1.82, 2.24) is 4.57 Å². The van der Waals surface area contributed by atoms with Gasteiger partial charge in [0.2, 0.25) is 0 Å². The third-order valence-corrected chi connectivity index (χ3v) is 4.92. The molecule has 0 radical (unpaired) electrons. The molecule has 0 fully saturated rings. The van der Waals surface area contributed by atoms with Crippen molar-refractivity contribution in [3.63, 3.8) is 0 Å². The molecule has 3 aromatic carbocycles. The normalized spacial score (nSPS) is 11.2. The van der Waals surface area contributed by atoms with Crippen molar-refractivity contribution in [3.8, 4) is 17.5 Å². The molecule has 0 spiro atoms. The van der Waals surface area contributed by atoms with Crippen LogP contribution in [0.2, 0.25) is 0 Å². The van der Waals surface area contributed by atoms with E-state index >= 15 is 0 Å². The lowest BCUT2D eigenvalue weighted by Crippen LogP contribution is -2.23. The Labute approximate surface area is 187 Å². The Balaban J connectivity index is 1.61. The molecule has 0 aliphatic heterocycles. The average Bonchev–Trinajstić information content (AvgIpc) is 3.15. The van der Waals surface area contributed by atoms with E-state index < -0.39 is 5.60 Å². The molecule has 1 aromatic heterocycles. The zero-order chi connectivity index (χ0) is 22.7. The first kappa shape index (κ1) is 21.2. The molecule has 5 nitrogen and oxygen atoms in total. The number of rotatable bonds is 5. The molecule has 1 heterocycles. The minimum atomic E-state index is -0.547. The summed E-state index contributed by atoms with van der Waals surface area (Å²) in [4.78, 5) is 12.3. The number of nitriles is 1. The fourth-order valence-electron chi connectivity index (χ4n) is 3.44. The van der Waals surface area contributed by atoms with Gasteiger partial charge in [-0.2, -0.15) is 5.26 Å². The van der Waals surface area contributed by atoms with Crippen LogP contribution in [-0.4, -0.2) is 16.1 Å². The van der Waals surface area contributed by atoms with Gasteiger partial charge in [0.05, 0.1) is 16.6 Å². The summed E-state index contributed by atoms with van der Waals surface area (Å²) in [6, 6.07) is 25.1. The minimum absolute atomic E-state index is 0.362. The van der Waals surface area contributed by atoms with Crippen LogP contribution in [0, 0.1) is 11.3 Å². The Morgan fingerprint density at radius 2 is 1.72 bits per heavy atom. The highest BCUT2D eigenvalue weighted by Crippen LogP contribution is 2.29. The topological polar surface area (TPSA) is 64.2 Å². The van der Waals surface area contributed by atoms with Gasteiger partial charge in [0.25, 0.3) is 0 Å². The Morgan fingerprint density at radius 1 is 1.00 bits per heavy atom. The Hall–Kier alpha value is -4.04. The maximum Gasteiger partial charge on any atom is 0.338 e. The summed E-state index contributed by atoms with van der Waals surface area (Å²) in [5.41, 5.74) is 3.31. The number of benzene rings is 3. The van der Waals surface area contributed by atoms with Crippen LogP contribution in [0.5, 0.6) is 5.75 Å². The van der Waals surface area contributed by atoms with E-state index in [-0.39, 0.29) is 5.97 Å². The summed E-state index contributed by atoms with van der Waals surface area (Å²) in [5.74, 6) is 0.343. The van der Waals surface area contributed by atoms with Crippen LogP contribution < -0.4 is 4.74 Å². The molecule has 0 aliphatic rings. The van der Waals surface area contributed by atoms with Gasteiger partial charge in [0.15, 0.2) is 0 Å². The fourth-order valence-corrected chi connectivity index (χ4v) is 3.44. The second-order valence-electron chi connectivity index (χ2n) is 8.53. The van der Waals surface area contributed by atoms with E-state index in [1.807, 2.05) is 86.0 Å². The first-order valence-electron chi connectivity index (χ1n) is 10.4. The maximum atomic E-state index is 12.3. The minimum Gasteiger partial charge on any atom is -0.489 e. The molecule has 32 heavy (non-hydrogen) atoms. The maximum absolute atomic E-state index is 12.3. The van der Waals surface area contributed by atoms with Gasteiger partial charge in [-0.3, -0.25) is 0 Å². The monoisotopic (exact) mass is 424 g/mol. The summed E-state index contributed by atoms with van der Waals surface area (Å²) in [6.45, 7) is 5.98. The molecular formula is C27H24N2O3. The van der Waals surface area contributed by atoms with E-state index in [0.717, 1.165) is 22.2 Å². The van der Waals surface area contributed by atoms with Crippen molar-refractivity contribution in [1.29, 1.82) is 5.26 Å². The standard InChI is InChI=1S/C27H24N2O3/c1-27(2,3)32-26(30)20-9-11-22(12-10-20)29-17-21(16-28)24-15-23(13-14-25(24)29)31-18-19-7-5-4-6-8-19/h4-15,17H,18H2,1-3H3. The molecule has 0 N–H and O–H groups in total. The van der Waals surface area contributed by atoms with Crippen LogP contribution >= 0.6 is 0 Å². The SMILES string of the molecule is CC(C)(C)OC(=O)c1ccc(-n2cc(C#N)c3cc(OCc4ccccc4)ccc32)cc1. The Morgan fingerprint density at radius 3 is 2.38 bits per heavy atom. The van der Waals surface area contributed by atoms with Gasteiger partial charge in [-0.1, -0.05) is 30.3 Å². The second-order valence-corrected chi connectivity index (χ2v) is 8.53. The van der Waals surface area contributed by atoms with Crippen LogP contribution in [0.1, 0.15) is 42.3 Å². The largest absolute Gasteiger partial charge is 0.489 e. The molecule has 0 bridgehead atoms. The number of fused-ring (bicyclic) bond motifs is 1. The third-order valence-electron chi connectivity index (χ3n) is 4.92.